The Balaban J connectivity index is 1.49. The van der Waals surface area contributed by atoms with Crippen molar-refractivity contribution in [3.05, 3.63) is 53.8 Å². The fourth-order valence-corrected chi connectivity index (χ4v) is 4.23. The second kappa shape index (κ2) is 12.7. The first-order valence-corrected chi connectivity index (χ1v) is 12.0. The molecule has 0 bridgehead atoms. The van der Waals surface area contributed by atoms with Crippen molar-refractivity contribution in [3.63, 3.8) is 0 Å². The van der Waals surface area contributed by atoms with Gasteiger partial charge in [0.2, 0.25) is 6.79 Å². The monoisotopic (exact) mass is 488 g/mol. The molecule has 1 saturated heterocycles. The number of hydrogen-bond acceptors (Lipinski definition) is 7. The third kappa shape index (κ3) is 7.55. The quantitative estimate of drug-likeness (QED) is 0.434. The predicted molar refractivity (Wildman–Crippen MR) is 127 cm³/mol. The zero-order chi connectivity index (χ0) is 24.5. The number of nitrogens with zero attached hydrogens (tertiary/aromatic N) is 1. The molecule has 1 N–H and O–H groups in total. The average molecular weight is 489 g/mol. The topological polar surface area (TPSA) is 78.5 Å². The lowest BCUT2D eigenvalue weighted by atomic mass is 10.1. The molecule has 0 aliphatic carbocycles. The van der Waals surface area contributed by atoms with E-state index in [0.717, 1.165) is 30.8 Å². The van der Waals surface area contributed by atoms with Gasteiger partial charge in [0.15, 0.2) is 17.6 Å². The normalized spacial score (nSPS) is 17.5. The Morgan fingerprint density at radius 1 is 1.23 bits per heavy atom. The van der Waals surface area contributed by atoms with Gasteiger partial charge in [0.05, 0.1) is 6.10 Å². The summed E-state index contributed by atoms with van der Waals surface area (Å²) in [7, 11) is 1.62. The molecule has 2 heterocycles. The van der Waals surface area contributed by atoms with Gasteiger partial charge < -0.3 is 29.0 Å². The molecule has 0 aromatic heterocycles. The molecule has 1 amide bonds. The Morgan fingerprint density at radius 2 is 2.11 bits per heavy atom. The molecule has 2 atom stereocenters. The molecule has 2 aromatic rings. The van der Waals surface area contributed by atoms with Gasteiger partial charge in [-0.25, -0.2) is 4.39 Å². The lowest BCUT2D eigenvalue weighted by molar-refractivity contribution is -0.129. The minimum absolute atomic E-state index is 0.0867. The third-order valence-corrected chi connectivity index (χ3v) is 5.94. The molecule has 9 heteroatoms. The third-order valence-electron chi connectivity index (χ3n) is 5.94. The lowest BCUT2D eigenvalue weighted by Crippen LogP contribution is -2.47. The van der Waals surface area contributed by atoms with E-state index in [9.17, 15) is 9.18 Å². The smallest absolute Gasteiger partial charge is 0.262 e. The maximum Gasteiger partial charge on any atom is 0.262 e. The summed E-state index contributed by atoms with van der Waals surface area (Å²) in [5.74, 6) is 1.07. The molecule has 2 unspecified atom stereocenters. The highest BCUT2D eigenvalue weighted by Crippen LogP contribution is 2.33. The predicted octanol–water partition coefficient (Wildman–Crippen LogP) is 3.14. The number of fused-ring (bicyclic) bond motifs is 1. The van der Waals surface area contributed by atoms with E-state index in [-0.39, 0.29) is 18.8 Å². The number of methoxy groups -OCH3 is 1. The van der Waals surface area contributed by atoms with E-state index in [0.29, 0.717) is 50.7 Å². The van der Waals surface area contributed by atoms with Gasteiger partial charge in [-0.15, -0.1) is 0 Å². The summed E-state index contributed by atoms with van der Waals surface area (Å²) < 4.78 is 41.7. The number of halogens is 1. The van der Waals surface area contributed by atoms with Crippen LogP contribution in [0.1, 0.15) is 24.8 Å². The van der Waals surface area contributed by atoms with Crippen LogP contribution >= 0.6 is 0 Å². The van der Waals surface area contributed by atoms with Crippen molar-refractivity contribution >= 4 is 5.91 Å². The number of carbonyl (C=O) groups is 1. The number of carbonyl (C=O) groups excluding carboxylic acids is 1. The fourth-order valence-electron chi connectivity index (χ4n) is 4.23. The number of amides is 1. The Morgan fingerprint density at radius 3 is 2.91 bits per heavy atom. The van der Waals surface area contributed by atoms with Crippen molar-refractivity contribution in [2.75, 3.05) is 46.8 Å². The summed E-state index contributed by atoms with van der Waals surface area (Å²) in [6.45, 7) is 3.48. The number of ether oxygens (including phenoxy) is 5. The molecule has 2 aliphatic rings. The molecule has 2 aromatic carbocycles. The molecular formula is C26H33FN2O6. The van der Waals surface area contributed by atoms with Crippen LogP contribution in [0.5, 0.6) is 17.2 Å². The molecule has 4 rings (SSSR count). The fraction of sp³-hybridized carbons (Fsp3) is 0.500. The van der Waals surface area contributed by atoms with Crippen molar-refractivity contribution in [1.29, 1.82) is 0 Å². The first kappa shape index (κ1) is 25.2. The molecule has 190 valence electrons. The average Bonchev–Trinajstić information content (AvgIpc) is 3.53. The molecule has 0 spiro atoms. The van der Waals surface area contributed by atoms with Crippen LogP contribution in [-0.4, -0.2) is 69.8 Å². The van der Waals surface area contributed by atoms with Crippen LogP contribution < -0.4 is 19.5 Å². The molecule has 35 heavy (non-hydrogen) atoms. The Kier molecular flexibility index (Phi) is 9.16. The van der Waals surface area contributed by atoms with Crippen LogP contribution in [0.3, 0.4) is 0 Å². The maximum atomic E-state index is 13.8. The van der Waals surface area contributed by atoms with Gasteiger partial charge in [0.25, 0.3) is 5.91 Å². The van der Waals surface area contributed by atoms with E-state index in [4.69, 9.17) is 23.7 Å². The number of hydrogen-bond donors (Lipinski definition) is 1. The summed E-state index contributed by atoms with van der Waals surface area (Å²) in [6, 6.07) is 11.7. The number of rotatable bonds is 13. The van der Waals surface area contributed by atoms with Gasteiger partial charge >= 0.3 is 0 Å². The van der Waals surface area contributed by atoms with Gasteiger partial charge in [-0.2, -0.15) is 0 Å². The van der Waals surface area contributed by atoms with Crippen molar-refractivity contribution < 1.29 is 32.9 Å². The van der Waals surface area contributed by atoms with Crippen LogP contribution in [0.2, 0.25) is 0 Å². The Hall–Kier alpha value is -2.88. The zero-order valence-electron chi connectivity index (χ0n) is 20.0. The van der Waals surface area contributed by atoms with Crippen molar-refractivity contribution in [1.82, 2.24) is 10.2 Å². The number of nitrogens with one attached hydrogen (secondary N) is 1. The van der Waals surface area contributed by atoms with Crippen LogP contribution in [0.4, 0.5) is 4.39 Å². The Labute approximate surface area is 205 Å². The van der Waals surface area contributed by atoms with Crippen LogP contribution in [0, 0.1) is 5.82 Å². The highest BCUT2D eigenvalue weighted by atomic mass is 19.1. The van der Waals surface area contributed by atoms with Crippen LogP contribution in [0.15, 0.2) is 42.5 Å². The first-order valence-electron chi connectivity index (χ1n) is 12.0. The summed E-state index contributed by atoms with van der Waals surface area (Å²) in [5.41, 5.74) is 1.03. The van der Waals surface area contributed by atoms with E-state index in [1.807, 2.05) is 18.2 Å². The van der Waals surface area contributed by atoms with Gasteiger partial charge in [-0.3, -0.25) is 9.69 Å². The summed E-state index contributed by atoms with van der Waals surface area (Å²) in [6.07, 6.45) is 1.92. The SMILES string of the molecule is COCCCNC(=O)C(CN(Cc1ccc2c(c1)OCO2)CC1CCCO1)Oc1cccc(F)c1. The molecule has 0 radical (unpaired) electrons. The zero-order valence-corrected chi connectivity index (χ0v) is 20.0. The second-order valence-corrected chi connectivity index (χ2v) is 8.72. The van der Waals surface area contributed by atoms with Crippen molar-refractivity contribution in [2.45, 2.75) is 38.0 Å². The molecule has 0 saturated carbocycles. The van der Waals surface area contributed by atoms with Crippen molar-refractivity contribution in [3.8, 4) is 17.2 Å². The van der Waals surface area contributed by atoms with Gasteiger partial charge in [0, 0.05) is 52.6 Å². The molecule has 1 fully saturated rings. The van der Waals surface area contributed by atoms with E-state index < -0.39 is 11.9 Å². The molecule has 2 aliphatic heterocycles. The highest BCUT2D eigenvalue weighted by molar-refractivity contribution is 5.81. The number of benzene rings is 2. The van der Waals surface area contributed by atoms with Crippen LogP contribution in [-0.2, 0) is 20.8 Å². The minimum atomic E-state index is -0.838. The second-order valence-electron chi connectivity index (χ2n) is 8.72. The standard InChI is InChI=1S/C26H33FN2O6/c1-31-11-4-10-28-26(30)25(35-21-6-2-5-20(27)14-21)17-29(16-22-7-3-12-32-22)15-19-8-9-23-24(13-19)34-18-33-23/h2,5-6,8-9,13-14,22,25H,3-4,7,10-12,15-18H2,1H3,(H,28,30). The van der Waals surface area contributed by atoms with Gasteiger partial charge in [0.1, 0.15) is 11.6 Å². The highest BCUT2D eigenvalue weighted by Gasteiger charge is 2.27. The first-order chi connectivity index (χ1) is 17.1. The van der Waals surface area contributed by atoms with E-state index >= 15 is 0 Å². The van der Waals surface area contributed by atoms with Crippen molar-refractivity contribution in [2.24, 2.45) is 0 Å². The molecular weight excluding hydrogens is 455 g/mol. The summed E-state index contributed by atoms with van der Waals surface area (Å²) >= 11 is 0. The summed E-state index contributed by atoms with van der Waals surface area (Å²) in [5, 5.41) is 2.92. The van der Waals surface area contributed by atoms with E-state index in [2.05, 4.69) is 10.2 Å². The maximum absolute atomic E-state index is 13.8. The lowest BCUT2D eigenvalue weighted by Gasteiger charge is -2.29. The minimum Gasteiger partial charge on any atom is -0.479 e. The van der Waals surface area contributed by atoms with E-state index in [1.54, 1.807) is 19.2 Å². The Bertz CT molecular complexity index is 969. The summed E-state index contributed by atoms with van der Waals surface area (Å²) in [4.78, 5) is 15.3. The van der Waals surface area contributed by atoms with Gasteiger partial charge in [-0.05, 0) is 49.1 Å². The molecule has 8 nitrogen and oxygen atoms in total. The van der Waals surface area contributed by atoms with E-state index in [1.165, 1.54) is 12.1 Å². The van der Waals surface area contributed by atoms with Gasteiger partial charge in [-0.1, -0.05) is 12.1 Å². The largest absolute Gasteiger partial charge is 0.479 e. The van der Waals surface area contributed by atoms with Crippen LogP contribution in [0.25, 0.3) is 0 Å².